The number of para-hydroxylation sites is 1. The molecule has 2 nitrogen and oxygen atoms in total. The quantitative estimate of drug-likeness (QED) is 0.162. The number of rotatable bonds is 7. The lowest BCUT2D eigenvalue weighted by molar-refractivity contribution is 0.670. The maximum absolute atomic E-state index is 6.88. The molecule has 10 aromatic carbocycles. The van der Waals surface area contributed by atoms with Crippen LogP contribution in [-0.2, 0) is 0 Å². The summed E-state index contributed by atoms with van der Waals surface area (Å²) >= 11 is 0. The Bertz CT molecular complexity index is 3280. The monoisotopic (exact) mass is 739 g/mol. The maximum atomic E-state index is 6.88. The van der Waals surface area contributed by atoms with Crippen LogP contribution in [0.25, 0.3) is 88.0 Å². The largest absolute Gasteiger partial charge is 0.455 e. The molecule has 58 heavy (non-hydrogen) atoms. The Morgan fingerprint density at radius 2 is 0.897 bits per heavy atom. The van der Waals surface area contributed by atoms with E-state index in [1.165, 1.54) is 43.8 Å². The molecule has 0 aliphatic heterocycles. The highest BCUT2D eigenvalue weighted by Crippen LogP contribution is 2.47. The number of benzene rings is 10. The molecular formula is C56H37NO. The van der Waals surface area contributed by atoms with Crippen molar-refractivity contribution in [3.63, 3.8) is 0 Å². The molecule has 0 unspecified atom stereocenters. The van der Waals surface area contributed by atoms with E-state index in [0.717, 1.165) is 61.3 Å². The van der Waals surface area contributed by atoms with Gasteiger partial charge in [0.25, 0.3) is 0 Å². The van der Waals surface area contributed by atoms with E-state index in [1.54, 1.807) is 0 Å². The number of hydrogen-bond donors (Lipinski definition) is 0. The van der Waals surface area contributed by atoms with Gasteiger partial charge in [0.05, 0.1) is 11.1 Å². The van der Waals surface area contributed by atoms with Crippen molar-refractivity contribution in [2.45, 2.75) is 0 Å². The number of fused-ring (bicyclic) bond motifs is 5. The van der Waals surface area contributed by atoms with Crippen LogP contribution in [0.1, 0.15) is 0 Å². The zero-order valence-electron chi connectivity index (χ0n) is 31.7. The third-order valence-electron chi connectivity index (χ3n) is 11.4. The first-order valence-electron chi connectivity index (χ1n) is 19.8. The van der Waals surface area contributed by atoms with Gasteiger partial charge >= 0.3 is 0 Å². The number of hydrogen-bond acceptors (Lipinski definition) is 2. The molecule has 0 spiro atoms. The summed E-state index contributed by atoms with van der Waals surface area (Å²) in [6.07, 6.45) is 0. The standard InChI is InChI=1S/C56H37NO/c1-2-13-38(14-3-1)43-19-10-20-44(35-43)40-29-31-47(32-30-40)57(48-22-11-21-45(37-48)46-28-27-39-15-4-5-17-42(39)36-46)53-34-33-51(50-25-12-18-41-16-6-7-23-49(41)50)56-55(53)52-24-8-9-26-54(52)58-56/h1-37H. The molecule has 0 fully saturated rings. The van der Waals surface area contributed by atoms with E-state index in [4.69, 9.17) is 4.42 Å². The van der Waals surface area contributed by atoms with Gasteiger partial charge in [0.1, 0.15) is 11.2 Å². The highest BCUT2D eigenvalue weighted by molar-refractivity contribution is 6.18. The van der Waals surface area contributed by atoms with E-state index >= 15 is 0 Å². The second-order valence-corrected chi connectivity index (χ2v) is 14.9. The topological polar surface area (TPSA) is 16.4 Å². The summed E-state index contributed by atoms with van der Waals surface area (Å²) in [6.45, 7) is 0. The van der Waals surface area contributed by atoms with E-state index < -0.39 is 0 Å². The molecule has 1 heterocycles. The molecular weight excluding hydrogens is 703 g/mol. The summed E-state index contributed by atoms with van der Waals surface area (Å²) in [6, 6.07) is 80.6. The third kappa shape index (κ3) is 5.91. The SMILES string of the molecule is c1ccc(-c2cccc(-c3ccc(N(c4cccc(-c5ccc6ccccc6c5)c4)c4ccc(-c5cccc6ccccc56)c5oc6ccccc6c45)cc3)c2)cc1. The van der Waals surface area contributed by atoms with E-state index in [2.05, 4.69) is 229 Å². The Labute approximate surface area is 337 Å². The van der Waals surface area contributed by atoms with E-state index in [-0.39, 0.29) is 0 Å². The molecule has 0 aliphatic carbocycles. The molecule has 0 saturated carbocycles. The Balaban J connectivity index is 1.11. The first-order chi connectivity index (χ1) is 28.7. The molecule has 11 aromatic rings. The van der Waals surface area contributed by atoms with Crippen molar-refractivity contribution in [1.82, 2.24) is 0 Å². The summed E-state index contributed by atoms with van der Waals surface area (Å²) in [4.78, 5) is 2.39. The highest BCUT2D eigenvalue weighted by Gasteiger charge is 2.23. The fraction of sp³-hybridized carbons (Fsp3) is 0. The van der Waals surface area contributed by atoms with Crippen molar-refractivity contribution in [1.29, 1.82) is 0 Å². The van der Waals surface area contributed by atoms with Gasteiger partial charge in [-0.2, -0.15) is 0 Å². The summed E-state index contributed by atoms with van der Waals surface area (Å²) in [5.41, 5.74) is 14.2. The van der Waals surface area contributed by atoms with Crippen LogP contribution in [0.15, 0.2) is 229 Å². The number of nitrogens with zero attached hydrogens (tertiary/aromatic N) is 1. The Morgan fingerprint density at radius 1 is 0.310 bits per heavy atom. The van der Waals surface area contributed by atoms with Gasteiger partial charge in [-0.05, 0) is 115 Å². The lowest BCUT2D eigenvalue weighted by atomic mass is 9.95. The minimum Gasteiger partial charge on any atom is -0.455 e. The second-order valence-electron chi connectivity index (χ2n) is 14.9. The zero-order valence-corrected chi connectivity index (χ0v) is 31.7. The summed E-state index contributed by atoms with van der Waals surface area (Å²) < 4.78 is 6.88. The van der Waals surface area contributed by atoms with Crippen molar-refractivity contribution in [3.8, 4) is 44.5 Å². The number of furan rings is 1. The average Bonchev–Trinajstić information content (AvgIpc) is 3.70. The normalized spacial score (nSPS) is 11.4. The average molecular weight is 740 g/mol. The molecule has 11 rings (SSSR count). The second kappa shape index (κ2) is 14.1. The van der Waals surface area contributed by atoms with E-state index in [0.29, 0.717) is 0 Å². The van der Waals surface area contributed by atoms with Crippen molar-refractivity contribution < 1.29 is 4.42 Å². The van der Waals surface area contributed by atoms with E-state index in [1.807, 2.05) is 0 Å². The van der Waals surface area contributed by atoms with Crippen LogP contribution < -0.4 is 4.90 Å². The Kier molecular flexibility index (Phi) is 8.19. The van der Waals surface area contributed by atoms with Crippen LogP contribution in [0.3, 0.4) is 0 Å². The predicted molar refractivity (Wildman–Crippen MR) is 245 cm³/mol. The first kappa shape index (κ1) is 33.6. The minimum atomic E-state index is 0.866. The van der Waals surface area contributed by atoms with Crippen LogP contribution >= 0.6 is 0 Å². The number of anilines is 3. The Hall–Kier alpha value is -7.68. The van der Waals surface area contributed by atoms with Gasteiger partial charge in [0.15, 0.2) is 0 Å². The molecule has 272 valence electrons. The van der Waals surface area contributed by atoms with Crippen LogP contribution in [0.5, 0.6) is 0 Å². The van der Waals surface area contributed by atoms with Crippen LogP contribution in [0.2, 0.25) is 0 Å². The summed E-state index contributed by atoms with van der Waals surface area (Å²) in [5, 5.41) is 7.03. The minimum absolute atomic E-state index is 0.866. The van der Waals surface area contributed by atoms with E-state index in [9.17, 15) is 0 Å². The maximum Gasteiger partial charge on any atom is 0.145 e. The molecule has 1 aromatic heterocycles. The lowest BCUT2D eigenvalue weighted by Crippen LogP contribution is -2.10. The summed E-state index contributed by atoms with van der Waals surface area (Å²) in [7, 11) is 0. The van der Waals surface area contributed by atoms with Gasteiger partial charge in [0, 0.05) is 22.3 Å². The highest BCUT2D eigenvalue weighted by atomic mass is 16.3. The van der Waals surface area contributed by atoms with Gasteiger partial charge in [-0.15, -0.1) is 0 Å². The Morgan fingerprint density at radius 3 is 1.72 bits per heavy atom. The van der Waals surface area contributed by atoms with Gasteiger partial charge in [-0.1, -0.05) is 170 Å². The van der Waals surface area contributed by atoms with Gasteiger partial charge in [-0.25, -0.2) is 0 Å². The van der Waals surface area contributed by atoms with Gasteiger partial charge in [0.2, 0.25) is 0 Å². The van der Waals surface area contributed by atoms with Crippen molar-refractivity contribution in [2.24, 2.45) is 0 Å². The lowest BCUT2D eigenvalue weighted by Gasteiger charge is -2.27. The summed E-state index contributed by atoms with van der Waals surface area (Å²) in [5.74, 6) is 0. The molecule has 0 amide bonds. The zero-order chi connectivity index (χ0) is 38.4. The van der Waals surface area contributed by atoms with Gasteiger partial charge in [-0.3, -0.25) is 0 Å². The van der Waals surface area contributed by atoms with Crippen LogP contribution in [0.4, 0.5) is 17.1 Å². The molecule has 0 aliphatic rings. The molecule has 0 atom stereocenters. The third-order valence-corrected chi connectivity index (χ3v) is 11.4. The van der Waals surface area contributed by atoms with Crippen LogP contribution in [-0.4, -0.2) is 0 Å². The molecule has 0 radical (unpaired) electrons. The molecule has 2 heteroatoms. The van der Waals surface area contributed by atoms with Crippen molar-refractivity contribution in [3.05, 3.63) is 224 Å². The molecule has 0 N–H and O–H groups in total. The molecule has 0 bridgehead atoms. The fourth-order valence-corrected chi connectivity index (χ4v) is 8.60. The van der Waals surface area contributed by atoms with Crippen LogP contribution in [0, 0.1) is 0 Å². The smallest absolute Gasteiger partial charge is 0.145 e. The predicted octanol–water partition coefficient (Wildman–Crippen LogP) is 16.0. The fourth-order valence-electron chi connectivity index (χ4n) is 8.60. The first-order valence-corrected chi connectivity index (χ1v) is 19.8. The van der Waals surface area contributed by atoms with Gasteiger partial charge < -0.3 is 9.32 Å². The molecule has 0 saturated heterocycles. The van der Waals surface area contributed by atoms with Crippen molar-refractivity contribution in [2.75, 3.05) is 4.90 Å². The van der Waals surface area contributed by atoms with Crippen molar-refractivity contribution >= 4 is 60.5 Å².